The van der Waals surface area contributed by atoms with Crippen LogP contribution in [0.2, 0.25) is 0 Å². The molecule has 0 saturated heterocycles. The van der Waals surface area contributed by atoms with E-state index >= 15 is 0 Å². The van der Waals surface area contributed by atoms with Crippen LogP contribution in [0.25, 0.3) is 0 Å². The Balaban J connectivity index is 2.00. The van der Waals surface area contributed by atoms with Crippen molar-refractivity contribution in [3.63, 3.8) is 0 Å². The molecule has 1 saturated carbocycles. The fourth-order valence-electron chi connectivity index (χ4n) is 1.81. The summed E-state index contributed by atoms with van der Waals surface area (Å²) in [6, 6.07) is -1.72. The minimum absolute atomic E-state index is 0.0348. The van der Waals surface area contributed by atoms with Crippen molar-refractivity contribution in [2.45, 2.75) is 24.9 Å². The topological polar surface area (TPSA) is 110 Å². The van der Waals surface area contributed by atoms with E-state index in [1.165, 1.54) is 10.9 Å². The first-order valence-electron chi connectivity index (χ1n) is 5.76. The summed E-state index contributed by atoms with van der Waals surface area (Å²) in [5.41, 5.74) is 6.33. The molecule has 1 fully saturated rings. The molecule has 1 aliphatic rings. The minimum Gasteiger partial charge on any atom is -0.480 e. The van der Waals surface area contributed by atoms with Crippen molar-refractivity contribution >= 4 is 11.9 Å². The number of carbonyl (C=O) groups is 2. The van der Waals surface area contributed by atoms with Crippen LogP contribution in [0, 0.1) is 5.92 Å². The number of nitrogens with two attached hydrogens (primary N) is 1. The van der Waals surface area contributed by atoms with Gasteiger partial charge in [-0.25, -0.2) is 4.79 Å². The molecule has 2 rings (SSSR count). The maximum absolute atomic E-state index is 11.9. The van der Waals surface area contributed by atoms with Gasteiger partial charge in [0.1, 0.15) is 12.1 Å². The van der Waals surface area contributed by atoms with Gasteiger partial charge < -0.3 is 16.2 Å². The van der Waals surface area contributed by atoms with Crippen molar-refractivity contribution in [3.8, 4) is 0 Å². The molecule has 0 radical (unpaired) electrons. The molecule has 1 heterocycles. The summed E-state index contributed by atoms with van der Waals surface area (Å²) < 4.78 is 1.54. The number of nitrogens with zero attached hydrogens (tertiary/aromatic N) is 2. The molecule has 0 spiro atoms. The number of amides is 1. The number of aryl methyl sites for hydroxylation is 1. The van der Waals surface area contributed by atoms with Gasteiger partial charge in [0.25, 0.3) is 0 Å². The number of carboxylic acids is 1. The fraction of sp³-hybridized carbons (Fsp3) is 0.545. The summed E-state index contributed by atoms with van der Waals surface area (Å²) in [4.78, 5) is 22.9. The third-order valence-corrected chi connectivity index (χ3v) is 3.02. The van der Waals surface area contributed by atoms with E-state index < -0.39 is 24.0 Å². The Morgan fingerprint density at radius 1 is 1.61 bits per heavy atom. The number of carbonyl (C=O) groups excluding carboxylic acids is 1. The molecule has 0 aromatic carbocycles. The van der Waals surface area contributed by atoms with Crippen LogP contribution in [0.4, 0.5) is 0 Å². The lowest BCUT2D eigenvalue weighted by Crippen LogP contribution is -2.46. The zero-order chi connectivity index (χ0) is 13.3. The number of carboxylic acid groups (broad SMARTS) is 1. The fourth-order valence-corrected chi connectivity index (χ4v) is 1.81. The predicted octanol–water partition coefficient (Wildman–Crippen LogP) is -0.601. The number of aromatic nitrogens is 2. The Labute approximate surface area is 104 Å². The summed E-state index contributed by atoms with van der Waals surface area (Å²) in [7, 11) is 1.72. The van der Waals surface area contributed by atoms with E-state index in [-0.39, 0.29) is 5.92 Å². The van der Waals surface area contributed by atoms with Crippen LogP contribution >= 0.6 is 0 Å². The van der Waals surface area contributed by atoms with Gasteiger partial charge in [-0.05, 0) is 18.8 Å². The van der Waals surface area contributed by atoms with Crippen molar-refractivity contribution in [3.05, 3.63) is 18.0 Å². The van der Waals surface area contributed by atoms with Gasteiger partial charge in [-0.1, -0.05) is 0 Å². The van der Waals surface area contributed by atoms with Gasteiger partial charge in [0.15, 0.2) is 0 Å². The highest BCUT2D eigenvalue weighted by Gasteiger charge is 2.38. The summed E-state index contributed by atoms with van der Waals surface area (Å²) >= 11 is 0. The number of hydrogen-bond acceptors (Lipinski definition) is 4. The van der Waals surface area contributed by atoms with Crippen LogP contribution in [-0.4, -0.2) is 32.8 Å². The van der Waals surface area contributed by atoms with Gasteiger partial charge in [-0.2, -0.15) is 5.10 Å². The average Bonchev–Trinajstić information content (AvgIpc) is 3.06. The first-order chi connectivity index (χ1) is 8.49. The van der Waals surface area contributed by atoms with E-state index in [0.717, 1.165) is 12.8 Å². The molecule has 7 heteroatoms. The Morgan fingerprint density at radius 3 is 2.72 bits per heavy atom. The third-order valence-electron chi connectivity index (χ3n) is 3.02. The summed E-state index contributed by atoms with van der Waals surface area (Å²) in [6.07, 6.45) is 4.80. The molecule has 98 valence electrons. The predicted molar refractivity (Wildman–Crippen MR) is 62.4 cm³/mol. The molecule has 1 aromatic heterocycles. The molecule has 1 aliphatic carbocycles. The third kappa shape index (κ3) is 2.67. The van der Waals surface area contributed by atoms with Crippen molar-refractivity contribution in [2.75, 3.05) is 0 Å². The second-order valence-electron chi connectivity index (χ2n) is 4.59. The van der Waals surface area contributed by atoms with Crippen LogP contribution in [0.5, 0.6) is 0 Å². The lowest BCUT2D eigenvalue weighted by Gasteiger charge is -2.16. The van der Waals surface area contributed by atoms with E-state index in [0.29, 0.717) is 5.56 Å². The molecule has 4 N–H and O–H groups in total. The number of hydrogen-bond donors (Lipinski definition) is 3. The van der Waals surface area contributed by atoms with E-state index in [1.54, 1.807) is 13.2 Å². The van der Waals surface area contributed by atoms with Crippen LogP contribution in [0.3, 0.4) is 0 Å². The van der Waals surface area contributed by atoms with Gasteiger partial charge >= 0.3 is 5.97 Å². The molecular weight excluding hydrogens is 236 g/mol. The summed E-state index contributed by atoms with van der Waals surface area (Å²) in [6.45, 7) is 0. The quantitative estimate of drug-likeness (QED) is 0.648. The number of aliphatic carboxylic acids is 1. The standard InChI is InChI=1S/C11H16N4O3/c1-15-5-7(4-13-15)8(12)10(16)14-9(11(17)18)6-2-3-6/h4-6,8-9H,2-3,12H2,1H3,(H,14,16)(H,17,18). The van der Waals surface area contributed by atoms with Gasteiger partial charge in [0.2, 0.25) is 5.91 Å². The Hall–Kier alpha value is -1.89. The van der Waals surface area contributed by atoms with Gasteiger partial charge in [0.05, 0.1) is 6.20 Å². The van der Waals surface area contributed by atoms with Gasteiger partial charge in [0, 0.05) is 18.8 Å². The van der Waals surface area contributed by atoms with E-state index in [2.05, 4.69) is 10.4 Å². The highest BCUT2D eigenvalue weighted by atomic mass is 16.4. The van der Waals surface area contributed by atoms with Crippen LogP contribution in [0.1, 0.15) is 24.4 Å². The second-order valence-corrected chi connectivity index (χ2v) is 4.59. The van der Waals surface area contributed by atoms with E-state index in [4.69, 9.17) is 10.8 Å². The SMILES string of the molecule is Cn1cc(C(N)C(=O)NC(C(=O)O)C2CC2)cn1. The zero-order valence-electron chi connectivity index (χ0n) is 10.0. The van der Waals surface area contributed by atoms with Crippen LogP contribution < -0.4 is 11.1 Å². The lowest BCUT2D eigenvalue weighted by molar-refractivity contribution is -0.142. The molecule has 0 aliphatic heterocycles. The summed E-state index contributed by atoms with van der Waals surface area (Å²) in [5.74, 6) is -1.46. The molecule has 0 bridgehead atoms. The normalized spacial score (nSPS) is 18.1. The van der Waals surface area contributed by atoms with Crippen LogP contribution in [0.15, 0.2) is 12.4 Å². The maximum atomic E-state index is 11.9. The molecular formula is C11H16N4O3. The highest BCUT2D eigenvalue weighted by Crippen LogP contribution is 2.32. The Morgan fingerprint density at radius 2 is 2.28 bits per heavy atom. The molecule has 7 nitrogen and oxygen atoms in total. The maximum Gasteiger partial charge on any atom is 0.326 e. The van der Waals surface area contributed by atoms with Crippen molar-refractivity contribution < 1.29 is 14.7 Å². The van der Waals surface area contributed by atoms with Gasteiger partial charge in [-0.15, -0.1) is 0 Å². The average molecular weight is 252 g/mol. The molecule has 1 amide bonds. The second kappa shape index (κ2) is 4.77. The van der Waals surface area contributed by atoms with Crippen molar-refractivity contribution in [1.29, 1.82) is 0 Å². The molecule has 2 atom stereocenters. The van der Waals surface area contributed by atoms with E-state index in [1.807, 2.05) is 0 Å². The summed E-state index contributed by atoms with van der Waals surface area (Å²) in [5, 5.41) is 15.4. The van der Waals surface area contributed by atoms with Gasteiger partial charge in [-0.3, -0.25) is 9.48 Å². The van der Waals surface area contributed by atoms with Crippen LogP contribution in [-0.2, 0) is 16.6 Å². The van der Waals surface area contributed by atoms with Crippen molar-refractivity contribution in [1.82, 2.24) is 15.1 Å². The highest BCUT2D eigenvalue weighted by molar-refractivity contribution is 5.87. The first kappa shape index (κ1) is 12.6. The van der Waals surface area contributed by atoms with E-state index in [9.17, 15) is 9.59 Å². The Bertz CT molecular complexity index is 467. The minimum atomic E-state index is -1.01. The largest absolute Gasteiger partial charge is 0.480 e. The lowest BCUT2D eigenvalue weighted by atomic mass is 10.1. The number of rotatable bonds is 5. The smallest absolute Gasteiger partial charge is 0.326 e. The molecule has 2 unspecified atom stereocenters. The number of nitrogens with one attached hydrogen (secondary N) is 1. The Kier molecular flexibility index (Phi) is 3.33. The molecule has 18 heavy (non-hydrogen) atoms. The molecule has 1 aromatic rings. The first-order valence-corrected chi connectivity index (χ1v) is 5.76. The van der Waals surface area contributed by atoms with Crippen molar-refractivity contribution in [2.24, 2.45) is 18.7 Å². The zero-order valence-corrected chi connectivity index (χ0v) is 10.0. The monoisotopic (exact) mass is 252 g/mol.